The van der Waals surface area contributed by atoms with Crippen molar-refractivity contribution in [1.29, 1.82) is 0 Å². The van der Waals surface area contributed by atoms with Gasteiger partial charge in [-0.1, -0.05) is 35.9 Å². The van der Waals surface area contributed by atoms with Gasteiger partial charge in [0.05, 0.1) is 36.6 Å². The highest BCUT2D eigenvalue weighted by molar-refractivity contribution is 7.89. The van der Waals surface area contributed by atoms with Crippen LogP contribution in [-0.2, 0) is 15.4 Å². The SMILES string of the molecule is COc1ccc2c(c1OC)[C@H]1C[C@]3(CCN1S(=O)(=O)c1ccc(C)cc1)C2=Nc1ccccc13. The fourth-order valence-corrected chi connectivity index (χ4v) is 7.56. The Morgan fingerprint density at radius 3 is 2.50 bits per heavy atom. The van der Waals surface area contributed by atoms with Gasteiger partial charge in [0.15, 0.2) is 11.5 Å². The van der Waals surface area contributed by atoms with Crippen LogP contribution in [0, 0.1) is 6.92 Å². The van der Waals surface area contributed by atoms with E-state index in [4.69, 9.17) is 14.5 Å². The Morgan fingerprint density at radius 1 is 1.00 bits per heavy atom. The number of para-hydroxylation sites is 1. The molecule has 6 rings (SSSR count). The molecule has 2 aliphatic heterocycles. The fraction of sp³-hybridized carbons (Fsp3) is 0.296. The summed E-state index contributed by atoms with van der Waals surface area (Å²) in [7, 11) is -0.526. The molecule has 1 fully saturated rings. The van der Waals surface area contributed by atoms with E-state index in [0.29, 0.717) is 35.8 Å². The summed E-state index contributed by atoms with van der Waals surface area (Å²) in [4.78, 5) is 5.37. The zero-order valence-electron chi connectivity index (χ0n) is 19.4. The number of hydrogen-bond donors (Lipinski definition) is 0. The third-order valence-electron chi connectivity index (χ3n) is 7.55. The molecule has 3 aliphatic rings. The van der Waals surface area contributed by atoms with E-state index in [-0.39, 0.29) is 5.41 Å². The highest BCUT2D eigenvalue weighted by Gasteiger charge is 2.56. The lowest BCUT2D eigenvalue weighted by molar-refractivity contribution is 0.197. The quantitative estimate of drug-likeness (QED) is 0.538. The summed E-state index contributed by atoms with van der Waals surface area (Å²) in [6.45, 7) is 2.35. The number of piperidine rings is 1. The third-order valence-corrected chi connectivity index (χ3v) is 9.48. The van der Waals surface area contributed by atoms with Crippen molar-refractivity contribution in [2.24, 2.45) is 4.99 Å². The zero-order chi connectivity index (χ0) is 23.7. The highest BCUT2D eigenvalue weighted by atomic mass is 32.2. The second-order valence-corrected chi connectivity index (χ2v) is 11.1. The number of benzene rings is 3. The summed E-state index contributed by atoms with van der Waals surface area (Å²) < 4.78 is 40.9. The standard InChI is InChI=1S/C27H26N2O4S/c1-17-8-10-18(11-9-17)34(30,31)29-15-14-27-16-22(29)24-19(12-13-23(32-2)25(24)33-3)26(27)28-21-7-5-4-6-20(21)27/h4-13,22H,14-16H2,1-3H3/t22-,27+/m1/s1. The van der Waals surface area contributed by atoms with Crippen molar-refractivity contribution in [3.63, 3.8) is 0 Å². The molecule has 1 aliphatic carbocycles. The van der Waals surface area contributed by atoms with E-state index in [1.807, 2.05) is 49.4 Å². The van der Waals surface area contributed by atoms with Gasteiger partial charge in [0.1, 0.15) is 0 Å². The second kappa shape index (κ2) is 7.42. The smallest absolute Gasteiger partial charge is 0.243 e. The third kappa shape index (κ3) is 2.77. The molecule has 0 saturated carbocycles. The van der Waals surface area contributed by atoms with Gasteiger partial charge in [0.25, 0.3) is 0 Å². The molecule has 34 heavy (non-hydrogen) atoms. The first kappa shape index (κ1) is 21.4. The van der Waals surface area contributed by atoms with Crippen LogP contribution >= 0.6 is 0 Å². The van der Waals surface area contributed by atoms with Crippen LogP contribution < -0.4 is 9.47 Å². The van der Waals surface area contributed by atoms with Crippen molar-refractivity contribution in [3.05, 3.63) is 82.9 Å². The van der Waals surface area contributed by atoms with Gasteiger partial charge < -0.3 is 9.47 Å². The van der Waals surface area contributed by atoms with Crippen molar-refractivity contribution in [1.82, 2.24) is 4.31 Å². The van der Waals surface area contributed by atoms with Crippen LogP contribution in [0.25, 0.3) is 0 Å². The Morgan fingerprint density at radius 2 is 1.76 bits per heavy atom. The maximum Gasteiger partial charge on any atom is 0.243 e. The van der Waals surface area contributed by atoms with Crippen LogP contribution in [-0.4, -0.2) is 39.2 Å². The maximum atomic E-state index is 13.9. The summed E-state index contributed by atoms with van der Waals surface area (Å²) >= 11 is 0. The summed E-state index contributed by atoms with van der Waals surface area (Å²) in [5, 5.41) is 0. The molecular weight excluding hydrogens is 448 g/mol. The molecule has 2 bridgehead atoms. The molecule has 0 unspecified atom stereocenters. The van der Waals surface area contributed by atoms with Crippen molar-refractivity contribution in [2.45, 2.75) is 36.1 Å². The van der Waals surface area contributed by atoms with Crippen molar-refractivity contribution in [2.75, 3.05) is 20.8 Å². The summed E-state index contributed by atoms with van der Waals surface area (Å²) in [5.41, 5.74) is 5.64. The van der Waals surface area contributed by atoms with E-state index < -0.39 is 16.1 Å². The Balaban J connectivity index is 1.59. The number of aliphatic imine (C=N–C) groups is 1. The normalized spacial score (nSPS) is 22.9. The van der Waals surface area contributed by atoms with E-state index in [1.54, 1.807) is 30.7 Å². The van der Waals surface area contributed by atoms with Gasteiger partial charge in [-0.05, 0) is 55.7 Å². The van der Waals surface area contributed by atoms with E-state index in [1.165, 1.54) is 5.56 Å². The molecule has 0 radical (unpaired) electrons. The number of methoxy groups -OCH3 is 2. The van der Waals surface area contributed by atoms with Crippen LogP contribution in [0.5, 0.6) is 11.5 Å². The van der Waals surface area contributed by atoms with Gasteiger partial charge in [0, 0.05) is 23.1 Å². The predicted molar refractivity (Wildman–Crippen MR) is 131 cm³/mol. The molecule has 2 atom stereocenters. The monoisotopic (exact) mass is 474 g/mol. The molecule has 0 aromatic heterocycles. The molecule has 3 aromatic carbocycles. The number of aryl methyl sites for hydroxylation is 1. The molecule has 0 N–H and O–H groups in total. The number of sulfonamides is 1. The molecule has 2 heterocycles. The number of nitrogens with zero attached hydrogens (tertiary/aromatic N) is 2. The molecular formula is C27H26N2O4S. The first-order valence-corrected chi connectivity index (χ1v) is 12.9. The van der Waals surface area contributed by atoms with Gasteiger partial charge in [0.2, 0.25) is 10.0 Å². The summed E-state index contributed by atoms with van der Waals surface area (Å²) in [5.74, 6) is 1.16. The Hall–Kier alpha value is -3.16. The first-order chi connectivity index (χ1) is 16.4. The van der Waals surface area contributed by atoms with Crippen LogP contribution in [0.4, 0.5) is 5.69 Å². The van der Waals surface area contributed by atoms with Crippen LogP contribution in [0.2, 0.25) is 0 Å². The highest BCUT2D eigenvalue weighted by Crippen LogP contribution is 2.59. The average molecular weight is 475 g/mol. The molecule has 1 spiro atoms. The van der Waals surface area contributed by atoms with Crippen LogP contribution in [0.1, 0.15) is 41.1 Å². The average Bonchev–Trinajstić information content (AvgIpc) is 3.17. The number of fused-ring (bicyclic) bond motifs is 5. The van der Waals surface area contributed by atoms with E-state index in [0.717, 1.165) is 28.1 Å². The Kier molecular flexibility index (Phi) is 4.66. The van der Waals surface area contributed by atoms with E-state index in [9.17, 15) is 8.42 Å². The van der Waals surface area contributed by atoms with Gasteiger partial charge in [-0.25, -0.2) is 8.42 Å². The number of rotatable bonds is 4. The van der Waals surface area contributed by atoms with Gasteiger partial charge in [-0.3, -0.25) is 4.99 Å². The van der Waals surface area contributed by atoms with Crippen LogP contribution in [0.3, 0.4) is 0 Å². The van der Waals surface area contributed by atoms with E-state index >= 15 is 0 Å². The molecule has 7 heteroatoms. The van der Waals surface area contributed by atoms with Crippen LogP contribution in [0.15, 0.2) is 70.6 Å². The lowest BCUT2D eigenvalue weighted by Crippen LogP contribution is -2.53. The largest absolute Gasteiger partial charge is 0.493 e. The van der Waals surface area contributed by atoms with Gasteiger partial charge in [-0.2, -0.15) is 4.31 Å². The number of ether oxygens (including phenoxy) is 2. The molecule has 174 valence electrons. The first-order valence-electron chi connectivity index (χ1n) is 11.4. The minimum atomic E-state index is -3.73. The summed E-state index contributed by atoms with van der Waals surface area (Å²) in [6.07, 6.45) is 1.29. The summed E-state index contributed by atoms with van der Waals surface area (Å²) in [6, 6.07) is 18.8. The van der Waals surface area contributed by atoms with Gasteiger partial charge in [-0.15, -0.1) is 0 Å². The minimum absolute atomic E-state index is 0.309. The number of hydrogen-bond acceptors (Lipinski definition) is 5. The fourth-order valence-electron chi connectivity index (χ4n) is 5.97. The lowest BCUT2D eigenvalue weighted by atomic mass is 9.62. The Labute approximate surface area is 199 Å². The molecule has 6 nitrogen and oxygen atoms in total. The predicted octanol–water partition coefficient (Wildman–Crippen LogP) is 4.92. The lowest BCUT2D eigenvalue weighted by Gasteiger charge is -2.49. The van der Waals surface area contributed by atoms with Crippen molar-refractivity contribution < 1.29 is 17.9 Å². The maximum absolute atomic E-state index is 13.9. The second-order valence-electron chi connectivity index (χ2n) is 9.22. The topological polar surface area (TPSA) is 68.2 Å². The Bertz CT molecular complexity index is 1450. The molecule has 1 saturated heterocycles. The van der Waals surface area contributed by atoms with Crippen molar-refractivity contribution in [3.8, 4) is 11.5 Å². The molecule has 0 amide bonds. The zero-order valence-corrected chi connectivity index (χ0v) is 20.2. The molecule has 3 aromatic rings. The van der Waals surface area contributed by atoms with E-state index in [2.05, 4.69) is 6.07 Å². The van der Waals surface area contributed by atoms with Gasteiger partial charge >= 0.3 is 0 Å². The minimum Gasteiger partial charge on any atom is -0.493 e. The van der Waals surface area contributed by atoms with Crippen molar-refractivity contribution >= 4 is 21.4 Å².